The summed E-state index contributed by atoms with van der Waals surface area (Å²) in [6.45, 7) is 1.67. The van der Waals surface area contributed by atoms with Crippen LogP contribution in [-0.4, -0.2) is 33.0 Å². The Kier molecular flexibility index (Phi) is 1.54. The molecular formula is C6H10O4. The van der Waals surface area contributed by atoms with Crippen molar-refractivity contribution in [3.8, 4) is 0 Å². The van der Waals surface area contributed by atoms with Crippen LogP contribution in [0.2, 0.25) is 0 Å². The summed E-state index contributed by atoms with van der Waals surface area (Å²) >= 11 is 0. The Morgan fingerprint density at radius 3 is 2.20 bits per heavy atom. The molecule has 1 rings (SSSR count). The molecule has 2 unspecified atom stereocenters. The maximum atomic E-state index is 10.5. The van der Waals surface area contributed by atoms with Gasteiger partial charge in [-0.1, -0.05) is 6.92 Å². The number of carbonyl (C=O) groups is 1. The molecule has 1 aliphatic rings. The number of aliphatic hydroxyl groups excluding tert-OH is 1. The van der Waals surface area contributed by atoms with Crippen LogP contribution in [0.4, 0.5) is 0 Å². The third kappa shape index (κ3) is 0.847. The zero-order chi connectivity index (χ0) is 7.94. The Labute approximate surface area is 58.1 Å². The third-order valence-corrected chi connectivity index (χ3v) is 1.80. The number of Topliss-reactive ketones (excluding diaryl/α,β-unsaturated/α-hetero) is 1. The van der Waals surface area contributed by atoms with E-state index in [2.05, 4.69) is 0 Å². The van der Waals surface area contributed by atoms with Crippen molar-refractivity contribution in [3.63, 3.8) is 0 Å². The van der Waals surface area contributed by atoms with E-state index in [-0.39, 0.29) is 0 Å². The number of hydrogen-bond donors (Lipinski definition) is 3. The second-order valence-corrected chi connectivity index (χ2v) is 2.54. The van der Waals surface area contributed by atoms with Crippen LogP contribution in [0.5, 0.6) is 0 Å². The van der Waals surface area contributed by atoms with Gasteiger partial charge in [0, 0.05) is 0 Å². The van der Waals surface area contributed by atoms with Crippen LogP contribution in [0.25, 0.3) is 0 Å². The molecule has 0 aliphatic heterocycles. The van der Waals surface area contributed by atoms with Crippen LogP contribution in [0.15, 0.2) is 0 Å². The molecule has 10 heavy (non-hydrogen) atoms. The summed E-state index contributed by atoms with van der Waals surface area (Å²) in [5, 5.41) is 26.4. The molecule has 0 aromatic rings. The van der Waals surface area contributed by atoms with E-state index in [0.29, 0.717) is 6.42 Å². The molecule has 3 N–H and O–H groups in total. The van der Waals surface area contributed by atoms with Crippen molar-refractivity contribution in [1.82, 2.24) is 0 Å². The normalized spacial score (nSPS) is 32.0. The van der Waals surface area contributed by atoms with E-state index < -0.39 is 23.6 Å². The molecule has 0 saturated heterocycles. The number of ketones is 1. The fraction of sp³-hybridized carbons (Fsp3) is 0.833. The highest BCUT2D eigenvalue weighted by atomic mass is 16.5. The van der Waals surface area contributed by atoms with Gasteiger partial charge < -0.3 is 15.3 Å². The van der Waals surface area contributed by atoms with Crippen LogP contribution >= 0.6 is 0 Å². The highest BCUT2D eigenvalue weighted by Gasteiger charge is 2.66. The first-order chi connectivity index (χ1) is 4.51. The number of rotatable bonds is 2. The number of aliphatic hydroxyl groups is 3. The van der Waals surface area contributed by atoms with Crippen LogP contribution in [0.3, 0.4) is 0 Å². The summed E-state index contributed by atoms with van der Waals surface area (Å²) in [5.74, 6) is -3.89. The molecule has 0 amide bonds. The van der Waals surface area contributed by atoms with Crippen molar-refractivity contribution in [3.05, 3.63) is 0 Å². The van der Waals surface area contributed by atoms with E-state index >= 15 is 0 Å². The van der Waals surface area contributed by atoms with Gasteiger partial charge in [0.05, 0.1) is 6.10 Å². The maximum Gasteiger partial charge on any atom is 0.237 e. The first kappa shape index (κ1) is 7.65. The van der Waals surface area contributed by atoms with Crippen molar-refractivity contribution in [1.29, 1.82) is 0 Å². The first-order valence-corrected chi connectivity index (χ1v) is 3.19. The summed E-state index contributed by atoms with van der Waals surface area (Å²) in [7, 11) is 0. The lowest BCUT2D eigenvalue weighted by Crippen LogP contribution is -2.18. The summed E-state index contributed by atoms with van der Waals surface area (Å²) < 4.78 is 0. The Morgan fingerprint density at radius 1 is 1.70 bits per heavy atom. The van der Waals surface area contributed by atoms with Crippen LogP contribution in [0, 0.1) is 5.92 Å². The van der Waals surface area contributed by atoms with E-state index in [1.54, 1.807) is 6.92 Å². The molecule has 0 bridgehead atoms. The fourth-order valence-corrected chi connectivity index (χ4v) is 0.982. The second kappa shape index (κ2) is 2.02. The van der Waals surface area contributed by atoms with E-state index in [4.69, 9.17) is 15.3 Å². The fourth-order valence-electron chi connectivity index (χ4n) is 0.982. The van der Waals surface area contributed by atoms with E-state index in [0.717, 1.165) is 0 Å². The zero-order valence-electron chi connectivity index (χ0n) is 5.61. The largest absolute Gasteiger partial charge is 0.392 e. The average Bonchev–Trinajstić information content (AvgIpc) is 2.33. The SMILES string of the molecule is CCC(O)C1C(=O)C1(O)O. The minimum absolute atomic E-state index is 0.360. The van der Waals surface area contributed by atoms with Crippen molar-refractivity contribution in [2.24, 2.45) is 5.92 Å². The van der Waals surface area contributed by atoms with Gasteiger partial charge in [-0.3, -0.25) is 4.79 Å². The minimum Gasteiger partial charge on any atom is -0.392 e. The second-order valence-electron chi connectivity index (χ2n) is 2.54. The molecule has 0 spiro atoms. The van der Waals surface area contributed by atoms with Crippen molar-refractivity contribution in [2.45, 2.75) is 25.2 Å². The van der Waals surface area contributed by atoms with E-state index in [1.165, 1.54) is 0 Å². The molecule has 1 aliphatic carbocycles. The molecule has 2 atom stereocenters. The lowest BCUT2D eigenvalue weighted by molar-refractivity contribution is -0.135. The highest BCUT2D eigenvalue weighted by molar-refractivity contribution is 6.05. The minimum atomic E-state index is -2.24. The highest BCUT2D eigenvalue weighted by Crippen LogP contribution is 2.39. The molecule has 4 nitrogen and oxygen atoms in total. The molecular weight excluding hydrogens is 136 g/mol. The van der Waals surface area contributed by atoms with Gasteiger partial charge in [0.15, 0.2) is 0 Å². The molecule has 4 heteroatoms. The van der Waals surface area contributed by atoms with Gasteiger partial charge in [0.1, 0.15) is 5.92 Å². The maximum absolute atomic E-state index is 10.5. The number of hydrogen-bond acceptors (Lipinski definition) is 4. The lowest BCUT2D eigenvalue weighted by atomic mass is 10.2. The summed E-state index contributed by atoms with van der Waals surface area (Å²) in [6.07, 6.45) is -0.554. The summed E-state index contributed by atoms with van der Waals surface area (Å²) in [4.78, 5) is 10.5. The van der Waals surface area contributed by atoms with Gasteiger partial charge in [0.2, 0.25) is 11.6 Å². The van der Waals surface area contributed by atoms with Crippen LogP contribution < -0.4 is 0 Å². The molecule has 58 valence electrons. The topological polar surface area (TPSA) is 77.8 Å². The summed E-state index contributed by atoms with van der Waals surface area (Å²) in [5.41, 5.74) is 0. The Hall–Kier alpha value is -0.450. The number of carbonyl (C=O) groups excluding carboxylic acids is 1. The zero-order valence-corrected chi connectivity index (χ0v) is 5.61. The standard InChI is InChI=1S/C6H10O4/c1-2-3(7)4-5(8)6(4,9)10/h3-4,7,9-10H,2H2,1H3. The Morgan fingerprint density at radius 2 is 2.10 bits per heavy atom. The smallest absolute Gasteiger partial charge is 0.237 e. The van der Waals surface area contributed by atoms with Gasteiger partial charge in [-0.15, -0.1) is 0 Å². The molecule has 0 aromatic heterocycles. The molecule has 0 radical (unpaired) electrons. The predicted molar refractivity (Wildman–Crippen MR) is 32.0 cm³/mol. The van der Waals surface area contributed by atoms with Gasteiger partial charge in [0.25, 0.3) is 0 Å². The van der Waals surface area contributed by atoms with Gasteiger partial charge >= 0.3 is 0 Å². The van der Waals surface area contributed by atoms with Crippen molar-refractivity contribution < 1.29 is 20.1 Å². The lowest BCUT2D eigenvalue weighted by Gasteiger charge is -2.03. The van der Waals surface area contributed by atoms with Crippen molar-refractivity contribution in [2.75, 3.05) is 0 Å². The van der Waals surface area contributed by atoms with Crippen LogP contribution in [-0.2, 0) is 4.79 Å². The van der Waals surface area contributed by atoms with Crippen LogP contribution in [0.1, 0.15) is 13.3 Å². The quantitative estimate of drug-likeness (QED) is 0.420. The van der Waals surface area contributed by atoms with Gasteiger partial charge in [-0.2, -0.15) is 0 Å². The molecule has 1 saturated carbocycles. The Balaban J connectivity index is 2.57. The first-order valence-electron chi connectivity index (χ1n) is 3.19. The average molecular weight is 146 g/mol. The van der Waals surface area contributed by atoms with Gasteiger partial charge in [-0.05, 0) is 6.42 Å². The molecule has 0 aromatic carbocycles. The van der Waals surface area contributed by atoms with E-state index in [1.807, 2.05) is 0 Å². The summed E-state index contributed by atoms with van der Waals surface area (Å²) in [6, 6.07) is 0. The molecule has 1 fully saturated rings. The monoisotopic (exact) mass is 146 g/mol. The van der Waals surface area contributed by atoms with E-state index in [9.17, 15) is 4.79 Å². The van der Waals surface area contributed by atoms with Crippen molar-refractivity contribution >= 4 is 5.78 Å². The van der Waals surface area contributed by atoms with Gasteiger partial charge in [-0.25, -0.2) is 0 Å². The Bertz CT molecular complexity index is 163. The third-order valence-electron chi connectivity index (χ3n) is 1.80. The molecule has 0 heterocycles. The predicted octanol–water partition coefficient (Wildman–Crippen LogP) is -1.36.